The Kier molecular flexibility index (Phi) is 5.34. The van der Waals surface area contributed by atoms with Crippen molar-refractivity contribution >= 4 is 32.9 Å². The molecule has 152 valence electrons. The fourth-order valence-corrected chi connectivity index (χ4v) is 4.79. The fourth-order valence-electron chi connectivity index (χ4n) is 4.53. The first-order valence-electron chi connectivity index (χ1n) is 9.97. The number of aryl methyl sites for hydroxylation is 3. The van der Waals surface area contributed by atoms with Crippen LogP contribution in [0.2, 0.25) is 0 Å². The third-order valence-corrected chi connectivity index (χ3v) is 6.50. The summed E-state index contributed by atoms with van der Waals surface area (Å²) in [7, 11) is 1.82. The molecule has 0 aliphatic carbocycles. The number of likely N-dealkylation sites (tertiary alicyclic amines) is 1. The lowest BCUT2D eigenvalue weighted by molar-refractivity contribution is -0.132. The van der Waals surface area contributed by atoms with Gasteiger partial charge in [-0.05, 0) is 56.4 Å². The van der Waals surface area contributed by atoms with Crippen LogP contribution in [0.1, 0.15) is 47.7 Å². The number of nitrogens with one attached hydrogen (secondary N) is 1. The lowest BCUT2D eigenvalue weighted by Crippen LogP contribution is -2.31. The molecule has 1 N–H and O–H groups in total. The SMILES string of the molecule is Cc1nn(C)c2[nH]c(=O)c(CCC(=O)N3CCCC3c3ccc(Br)cc3)c(C)c12. The first-order valence-corrected chi connectivity index (χ1v) is 10.8. The molecule has 0 spiro atoms. The first-order chi connectivity index (χ1) is 13.9. The van der Waals surface area contributed by atoms with Gasteiger partial charge in [0.05, 0.1) is 11.7 Å². The van der Waals surface area contributed by atoms with Crippen LogP contribution in [0.25, 0.3) is 11.0 Å². The van der Waals surface area contributed by atoms with Crippen LogP contribution in [-0.4, -0.2) is 32.1 Å². The highest BCUT2D eigenvalue weighted by atomic mass is 79.9. The summed E-state index contributed by atoms with van der Waals surface area (Å²) in [6.45, 7) is 4.66. The first kappa shape index (κ1) is 19.9. The molecule has 6 nitrogen and oxygen atoms in total. The van der Waals surface area contributed by atoms with Crippen molar-refractivity contribution in [2.24, 2.45) is 7.05 Å². The van der Waals surface area contributed by atoms with Crippen LogP contribution in [0.5, 0.6) is 0 Å². The third-order valence-electron chi connectivity index (χ3n) is 5.97. The van der Waals surface area contributed by atoms with Crippen molar-refractivity contribution in [3.63, 3.8) is 0 Å². The number of aromatic amines is 1. The predicted molar refractivity (Wildman–Crippen MR) is 117 cm³/mol. The highest BCUT2D eigenvalue weighted by Gasteiger charge is 2.29. The molecule has 1 aliphatic rings. The summed E-state index contributed by atoms with van der Waals surface area (Å²) in [5.41, 5.74) is 4.26. The number of pyridine rings is 1. The number of benzene rings is 1. The van der Waals surface area contributed by atoms with Gasteiger partial charge in [-0.2, -0.15) is 5.10 Å². The van der Waals surface area contributed by atoms with Crippen molar-refractivity contribution in [2.45, 2.75) is 45.6 Å². The van der Waals surface area contributed by atoms with E-state index in [4.69, 9.17) is 0 Å². The summed E-state index contributed by atoms with van der Waals surface area (Å²) < 4.78 is 2.73. The predicted octanol–water partition coefficient (Wildman–Crippen LogP) is 3.94. The molecule has 1 atom stereocenters. The number of hydrogen-bond donors (Lipinski definition) is 1. The lowest BCUT2D eigenvalue weighted by atomic mass is 10.0. The van der Waals surface area contributed by atoms with E-state index < -0.39 is 0 Å². The average Bonchev–Trinajstić information content (AvgIpc) is 3.27. The molecule has 1 unspecified atom stereocenters. The summed E-state index contributed by atoms with van der Waals surface area (Å²) in [4.78, 5) is 30.6. The molecule has 3 heterocycles. The number of aromatic nitrogens is 3. The van der Waals surface area contributed by atoms with Crippen LogP contribution in [0.15, 0.2) is 33.5 Å². The highest BCUT2D eigenvalue weighted by Crippen LogP contribution is 2.33. The van der Waals surface area contributed by atoms with Crippen molar-refractivity contribution in [1.82, 2.24) is 19.7 Å². The number of carbonyl (C=O) groups is 1. The van der Waals surface area contributed by atoms with Gasteiger partial charge in [-0.15, -0.1) is 0 Å². The normalized spacial score (nSPS) is 16.7. The number of amides is 1. The van der Waals surface area contributed by atoms with Crippen LogP contribution < -0.4 is 5.56 Å². The topological polar surface area (TPSA) is 71.0 Å². The number of carbonyl (C=O) groups excluding carboxylic acids is 1. The Balaban J connectivity index is 1.54. The van der Waals surface area contributed by atoms with E-state index in [9.17, 15) is 9.59 Å². The summed E-state index contributed by atoms with van der Waals surface area (Å²) in [5.74, 6) is 0.109. The molecule has 1 amide bonds. The van der Waals surface area contributed by atoms with Gasteiger partial charge in [-0.1, -0.05) is 28.1 Å². The monoisotopic (exact) mass is 456 g/mol. The van der Waals surface area contributed by atoms with E-state index in [1.165, 1.54) is 5.56 Å². The van der Waals surface area contributed by atoms with E-state index >= 15 is 0 Å². The Labute approximate surface area is 178 Å². The van der Waals surface area contributed by atoms with Crippen LogP contribution in [-0.2, 0) is 18.3 Å². The van der Waals surface area contributed by atoms with Crippen LogP contribution in [0, 0.1) is 13.8 Å². The Bertz CT molecular complexity index is 1130. The average molecular weight is 457 g/mol. The van der Waals surface area contributed by atoms with Gasteiger partial charge in [-0.25, -0.2) is 0 Å². The molecule has 0 saturated carbocycles. The zero-order chi connectivity index (χ0) is 20.7. The summed E-state index contributed by atoms with van der Waals surface area (Å²) in [6.07, 6.45) is 2.76. The number of halogens is 1. The van der Waals surface area contributed by atoms with E-state index in [1.54, 1.807) is 4.68 Å². The minimum atomic E-state index is -0.128. The van der Waals surface area contributed by atoms with Gasteiger partial charge in [0.1, 0.15) is 5.65 Å². The standard InChI is InChI=1S/C22H25BrN4O2/c1-13-17(22(29)24-21-20(13)14(2)25-26(21)3)10-11-19(28)27-12-4-5-18(27)15-6-8-16(23)9-7-15/h6-9,18H,4-5,10-12H2,1-3H3,(H,24,29). The zero-order valence-electron chi connectivity index (χ0n) is 17.0. The Morgan fingerprint density at radius 2 is 2.00 bits per heavy atom. The molecule has 7 heteroatoms. The van der Waals surface area contributed by atoms with Crippen molar-refractivity contribution in [3.05, 3.63) is 61.5 Å². The highest BCUT2D eigenvalue weighted by molar-refractivity contribution is 9.10. The van der Waals surface area contributed by atoms with Crippen LogP contribution in [0.3, 0.4) is 0 Å². The number of rotatable bonds is 4. The van der Waals surface area contributed by atoms with E-state index in [2.05, 4.69) is 38.1 Å². The zero-order valence-corrected chi connectivity index (χ0v) is 18.5. The van der Waals surface area contributed by atoms with Gasteiger partial charge in [-0.3, -0.25) is 14.3 Å². The summed E-state index contributed by atoms with van der Waals surface area (Å²) in [5, 5.41) is 5.38. The van der Waals surface area contributed by atoms with Gasteiger partial charge >= 0.3 is 0 Å². The Morgan fingerprint density at radius 1 is 1.28 bits per heavy atom. The molecule has 0 radical (unpaired) electrons. The second-order valence-corrected chi connectivity index (χ2v) is 8.70. The van der Waals surface area contributed by atoms with E-state index in [-0.39, 0.29) is 17.5 Å². The molecule has 3 aromatic rings. The van der Waals surface area contributed by atoms with Crippen molar-refractivity contribution in [2.75, 3.05) is 6.54 Å². The molecule has 2 aromatic heterocycles. The smallest absolute Gasteiger partial charge is 0.253 e. The molecule has 0 bridgehead atoms. The number of fused-ring (bicyclic) bond motifs is 1. The van der Waals surface area contributed by atoms with Gasteiger partial charge in [0.25, 0.3) is 5.56 Å². The Hall–Kier alpha value is -2.41. The quantitative estimate of drug-likeness (QED) is 0.645. The molecular weight excluding hydrogens is 432 g/mol. The maximum Gasteiger partial charge on any atom is 0.253 e. The second kappa shape index (κ2) is 7.78. The van der Waals surface area contributed by atoms with E-state index in [0.717, 1.165) is 46.1 Å². The van der Waals surface area contributed by atoms with Crippen molar-refractivity contribution in [3.8, 4) is 0 Å². The number of H-pyrrole nitrogens is 1. The van der Waals surface area contributed by atoms with Crippen molar-refractivity contribution in [1.29, 1.82) is 0 Å². The summed E-state index contributed by atoms with van der Waals surface area (Å²) in [6, 6.07) is 8.32. The van der Waals surface area contributed by atoms with Gasteiger partial charge in [0.15, 0.2) is 0 Å². The molecule has 1 aliphatic heterocycles. The maximum atomic E-state index is 13.0. The third kappa shape index (κ3) is 3.64. The number of nitrogens with zero attached hydrogens (tertiary/aromatic N) is 3. The summed E-state index contributed by atoms with van der Waals surface area (Å²) >= 11 is 3.47. The van der Waals surface area contributed by atoms with E-state index in [1.807, 2.05) is 37.9 Å². The van der Waals surface area contributed by atoms with Crippen LogP contribution >= 0.6 is 15.9 Å². The van der Waals surface area contributed by atoms with Gasteiger partial charge in [0.2, 0.25) is 5.91 Å². The minimum Gasteiger partial charge on any atom is -0.336 e. The maximum absolute atomic E-state index is 13.0. The van der Waals surface area contributed by atoms with Gasteiger partial charge in [0, 0.05) is 35.4 Å². The largest absolute Gasteiger partial charge is 0.336 e. The number of hydrogen-bond acceptors (Lipinski definition) is 3. The molecule has 1 fully saturated rings. The van der Waals surface area contributed by atoms with Crippen LogP contribution in [0.4, 0.5) is 0 Å². The molecule has 4 rings (SSSR count). The lowest BCUT2D eigenvalue weighted by Gasteiger charge is -2.25. The minimum absolute atomic E-state index is 0.109. The Morgan fingerprint density at radius 3 is 2.72 bits per heavy atom. The molecule has 1 saturated heterocycles. The van der Waals surface area contributed by atoms with Gasteiger partial charge < -0.3 is 9.88 Å². The molecule has 29 heavy (non-hydrogen) atoms. The second-order valence-electron chi connectivity index (χ2n) is 7.79. The molecule has 1 aromatic carbocycles. The van der Waals surface area contributed by atoms with E-state index in [0.29, 0.717) is 18.4 Å². The van der Waals surface area contributed by atoms with Crippen molar-refractivity contribution < 1.29 is 4.79 Å². The fraction of sp³-hybridized carbons (Fsp3) is 0.409. The molecular formula is C22H25BrN4O2.